The second kappa shape index (κ2) is 7.13. The van der Waals surface area contributed by atoms with Crippen LogP contribution in [0.25, 0.3) is 22.4 Å². The Morgan fingerprint density at radius 2 is 1.93 bits per heavy atom. The van der Waals surface area contributed by atoms with Crippen LogP contribution < -0.4 is 4.74 Å². The third-order valence-corrected chi connectivity index (χ3v) is 4.96. The van der Waals surface area contributed by atoms with E-state index >= 15 is 0 Å². The zero-order valence-electron chi connectivity index (χ0n) is 14.6. The number of fused-ring (bicyclic) bond motifs is 1. The molecule has 0 aliphatic heterocycles. The van der Waals surface area contributed by atoms with E-state index in [0.717, 1.165) is 22.5 Å². The molecule has 0 spiro atoms. The minimum absolute atomic E-state index is 0.462. The fraction of sp³-hybridized carbons (Fsp3) is 0.158. The molecule has 0 aliphatic rings. The third kappa shape index (κ3) is 3.46. The molecule has 136 valence electrons. The molecule has 1 aromatic carbocycles. The molecule has 0 amide bonds. The maximum atomic E-state index is 6.42. The van der Waals surface area contributed by atoms with Crippen LogP contribution in [0.2, 0.25) is 10.0 Å². The van der Waals surface area contributed by atoms with Crippen LogP contribution in [-0.2, 0) is 13.5 Å². The largest absolute Gasteiger partial charge is 0.495 e. The normalized spacial score (nSPS) is 11.1. The second-order valence-corrected chi connectivity index (χ2v) is 6.81. The van der Waals surface area contributed by atoms with Crippen molar-refractivity contribution in [3.05, 3.63) is 64.2 Å². The van der Waals surface area contributed by atoms with Gasteiger partial charge in [-0.25, -0.2) is 9.97 Å². The number of halogens is 2. The van der Waals surface area contributed by atoms with E-state index in [1.807, 2.05) is 25.4 Å². The Morgan fingerprint density at radius 3 is 2.67 bits per heavy atom. The first-order valence-corrected chi connectivity index (χ1v) is 8.93. The molecular weight excluding hydrogens is 385 g/mol. The van der Waals surface area contributed by atoms with Gasteiger partial charge in [0, 0.05) is 35.9 Å². The highest BCUT2D eigenvalue weighted by atomic mass is 35.5. The summed E-state index contributed by atoms with van der Waals surface area (Å²) in [6, 6.07) is 7.29. The predicted octanol–water partition coefficient (Wildman–Crippen LogP) is 4.33. The Labute approximate surface area is 165 Å². The van der Waals surface area contributed by atoms with Crippen LogP contribution in [0.5, 0.6) is 5.75 Å². The molecule has 4 aromatic rings. The molecule has 0 fully saturated rings. The van der Waals surface area contributed by atoms with Gasteiger partial charge < -0.3 is 4.74 Å². The van der Waals surface area contributed by atoms with Crippen molar-refractivity contribution in [2.45, 2.75) is 6.42 Å². The molecule has 0 saturated heterocycles. The number of rotatable bonds is 4. The lowest BCUT2D eigenvalue weighted by molar-refractivity contribution is 0.414. The molecule has 0 aliphatic carbocycles. The van der Waals surface area contributed by atoms with Crippen LogP contribution in [0.15, 0.2) is 42.9 Å². The summed E-state index contributed by atoms with van der Waals surface area (Å²) in [6.45, 7) is 0. The first kappa shape index (κ1) is 17.7. The Hall–Kier alpha value is -2.70. The van der Waals surface area contributed by atoms with Crippen molar-refractivity contribution >= 4 is 34.4 Å². The Morgan fingerprint density at radius 1 is 1.07 bits per heavy atom. The van der Waals surface area contributed by atoms with Crippen LogP contribution in [0.1, 0.15) is 11.3 Å². The van der Waals surface area contributed by atoms with Crippen molar-refractivity contribution in [1.82, 2.24) is 24.7 Å². The number of methoxy groups -OCH3 is 1. The van der Waals surface area contributed by atoms with E-state index in [1.54, 1.807) is 36.3 Å². The number of hydrogen-bond acceptors (Lipinski definition) is 5. The highest BCUT2D eigenvalue weighted by Gasteiger charge is 2.14. The SMILES string of the molecule is COc1ccc(Cl)c(Cc2ccc3ncc(-c4cnn(C)c4)nc3n2)c1Cl. The average Bonchev–Trinajstić information content (AvgIpc) is 3.11. The van der Waals surface area contributed by atoms with Gasteiger partial charge >= 0.3 is 0 Å². The van der Waals surface area contributed by atoms with E-state index < -0.39 is 0 Å². The van der Waals surface area contributed by atoms with E-state index in [0.29, 0.717) is 33.4 Å². The quantitative estimate of drug-likeness (QED) is 0.510. The number of nitrogens with zero attached hydrogens (tertiary/aromatic N) is 5. The second-order valence-electron chi connectivity index (χ2n) is 6.02. The molecule has 3 heterocycles. The topological polar surface area (TPSA) is 65.7 Å². The highest BCUT2D eigenvalue weighted by molar-refractivity contribution is 6.37. The molecule has 8 heteroatoms. The predicted molar refractivity (Wildman–Crippen MR) is 105 cm³/mol. The number of hydrogen-bond donors (Lipinski definition) is 0. The Kier molecular flexibility index (Phi) is 4.68. The lowest BCUT2D eigenvalue weighted by Gasteiger charge is -2.11. The molecule has 0 unspecified atom stereocenters. The average molecular weight is 400 g/mol. The molecule has 3 aromatic heterocycles. The third-order valence-electron chi connectivity index (χ3n) is 4.19. The number of benzene rings is 1. The fourth-order valence-corrected chi connectivity index (χ4v) is 3.39. The Balaban J connectivity index is 1.73. The molecule has 0 N–H and O–H groups in total. The zero-order chi connectivity index (χ0) is 19.0. The first-order chi connectivity index (χ1) is 13.0. The smallest absolute Gasteiger partial charge is 0.179 e. The van der Waals surface area contributed by atoms with E-state index in [-0.39, 0.29) is 0 Å². The van der Waals surface area contributed by atoms with Gasteiger partial charge in [-0.15, -0.1) is 0 Å². The molecule has 0 atom stereocenters. The minimum Gasteiger partial charge on any atom is -0.495 e. The number of aromatic nitrogens is 5. The molecule has 6 nitrogen and oxygen atoms in total. The standard InChI is InChI=1S/C19H15Cl2N5O/c1-26-10-11(8-23-26)16-9-22-15-5-3-12(24-19(15)25-16)7-13-14(20)4-6-17(27-2)18(13)21/h3-6,8-10H,7H2,1-2H3. The van der Waals surface area contributed by atoms with Crippen LogP contribution >= 0.6 is 23.2 Å². The number of aryl methyl sites for hydroxylation is 1. The fourth-order valence-electron chi connectivity index (χ4n) is 2.80. The Bertz CT molecular complexity index is 1140. The van der Waals surface area contributed by atoms with E-state index in [4.69, 9.17) is 27.9 Å². The van der Waals surface area contributed by atoms with Gasteiger partial charge in [0.15, 0.2) is 5.65 Å². The van der Waals surface area contributed by atoms with Crippen molar-refractivity contribution in [3.63, 3.8) is 0 Å². The van der Waals surface area contributed by atoms with Gasteiger partial charge in [-0.2, -0.15) is 5.10 Å². The monoisotopic (exact) mass is 399 g/mol. The van der Waals surface area contributed by atoms with Crippen LogP contribution in [0.3, 0.4) is 0 Å². The molecule has 0 saturated carbocycles. The van der Waals surface area contributed by atoms with Crippen molar-refractivity contribution in [2.24, 2.45) is 7.05 Å². The minimum atomic E-state index is 0.462. The van der Waals surface area contributed by atoms with Gasteiger partial charge in [0.1, 0.15) is 11.3 Å². The summed E-state index contributed by atoms with van der Waals surface area (Å²) >= 11 is 12.7. The van der Waals surface area contributed by atoms with Crippen LogP contribution in [0, 0.1) is 0 Å². The van der Waals surface area contributed by atoms with Gasteiger partial charge in [0.05, 0.1) is 30.2 Å². The molecule has 0 radical (unpaired) electrons. The van der Waals surface area contributed by atoms with E-state index in [1.165, 1.54) is 0 Å². The van der Waals surface area contributed by atoms with Gasteiger partial charge in [0.25, 0.3) is 0 Å². The van der Waals surface area contributed by atoms with Gasteiger partial charge in [-0.05, 0) is 29.8 Å². The van der Waals surface area contributed by atoms with Crippen molar-refractivity contribution in [1.29, 1.82) is 0 Å². The lowest BCUT2D eigenvalue weighted by atomic mass is 10.1. The van der Waals surface area contributed by atoms with Crippen molar-refractivity contribution in [3.8, 4) is 17.0 Å². The summed E-state index contributed by atoms with van der Waals surface area (Å²) in [6.07, 6.45) is 5.81. The number of pyridine rings is 1. The molecule has 27 heavy (non-hydrogen) atoms. The van der Waals surface area contributed by atoms with Crippen molar-refractivity contribution < 1.29 is 4.74 Å². The first-order valence-electron chi connectivity index (χ1n) is 8.17. The van der Waals surface area contributed by atoms with Crippen LogP contribution in [0.4, 0.5) is 0 Å². The summed E-state index contributed by atoms with van der Waals surface area (Å²) in [5, 5.41) is 5.23. The maximum Gasteiger partial charge on any atom is 0.179 e. The van der Waals surface area contributed by atoms with E-state index in [9.17, 15) is 0 Å². The lowest BCUT2D eigenvalue weighted by Crippen LogP contribution is -1.98. The highest BCUT2D eigenvalue weighted by Crippen LogP contribution is 2.34. The van der Waals surface area contributed by atoms with Gasteiger partial charge in [-0.1, -0.05) is 23.2 Å². The summed E-state index contributed by atoms with van der Waals surface area (Å²) in [7, 11) is 3.43. The maximum absolute atomic E-state index is 6.42. The zero-order valence-corrected chi connectivity index (χ0v) is 16.2. The van der Waals surface area contributed by atoms with Gasteiger partial charge in [0.2, 0.25) is 0 Å². The number of ether oxygens (including phenoxy) is 1. The van der Waals surface area contributed by atoms with Crippen LogP contribution in [-0.4, -0.2) is 31.8 Å². The molecular formula is C19H15Cl2N5O. The molecule has 4 rings (SSSR count). The van der Waals surface area contributed by atoms with Gasteiger partial charge in [-0.3, -0.25) is 9.67 Å². The van der Waals surface area contributed by atoms with E-state index in [2.05, 4.69) is 20.1 Å². The summed E-state index contributed by atoms with van der Waals surface area (Å²) in [5.41, 5.74) is 4.44. The molecule has 0 bridgehead atoms. The summed E-state index contributed by atoms with van der Waals surface area (Å²) in [5.74, 6) is 0.579. The summed E-state index contributed by atoms with van der Waals surface area (Å²) < 4.78 is 6.99. The summed E-state index contributed by atoms with van der Waals surface area (Å²) in [4.78, 5) is 13.7. The van der Waals surface area contributed by atoms with Crippen molar-refractivity contribution in [2.75, 3.05) is 7.11 Å².